The Morgan fingerprint density at radius 3 is 2.13 bits per heavy atom. The summed E-state index contributed by atoms with van der Waals surface area (Å²) in [7, 11) is 0. The first kappa shape index (κ1) is 19.1. The van der Waals surface area contributed by atoms with Crippen molar-refractivity contribution in [3.05, 3.63) is 113 Å². The summed E-state index contributed by atoms with van der Waals surface area (Å²) in [5, 5.41) is 19.2. The number of phenolic OH excluding ortho intramolecular Hbond substituents is 2. The van der Waals surface area contributed by atoms with Crippen molar-refractivity contribution in [3.63, 3.8) is 0 Å². The van der Waals surface area contributed by atoms with Crippen molar-refractivity contribution in [1.29, 1.82) is 0 Å². The minimum Gasteiger partial charge on any atom is -0.508 e. The van der Waals surface area contributed by atoms with Crippen LogP contribution < -0.4 is 0 Å². The molecule has 0 fully saturated rings. The van der Waals surface area contributed by atoms with Crippen LogP contribution >= 0.6 is 0 Å². The van der Waals surface area contributed by atoms with Crippen LogP contribution in [-0.4, -0.2) is 25.5 Å². The molecule has 2 N–H and O–H groups in total. The minimum absolute atomic E-state index is 0.0254. The number of hydrogen-bond donors (Lipinski definition) is 2. The minimum atomic E-state index is -0.0254. The van der Waals surface area contributed by atoms with Gasteiger partial charge in [-0.2, -0.15) is 0 Å². The molecular formula is C26H23N3O2. The summed E-state index contributed by atoms with van der Waals surface area (Å²) < 4.78 is 2.19. The van der Waals surface area contributed by atoms with E-state index in [1.165, 1.54) is 5.56 Å². The van der Waals surface area contributed by atoms with Gasteiger partial charge < -0.3 is 14.8 Å². The number of benzene rings is 3. The van der Waals surface area contributed by atoms with E-state index in [0.717, 1.165) is 28.4 Å². The van der Waals surface area contributed by atoms with Gasteiger partial charge in [-0.3, -0.25) is 4.99 Å². The van der Waals surface area contributed by atoms with Crippen LogP contribution in [0.1, 0.15) is 34.3 Å². The molecule has 4 aromatic rings. The Hall–Kier alpha value is -3.86. The number of aromatic hydroxyl groups is 2. The van der Waals surface area contributed by atoms with Crippen LogP contribution in [0.25, 0.3) is 0 Å². The lowest BCUT2D eigenvalue weighted by Gasteiger charge is -2.23. The third-order valence-corrected chi connectivity index (χ3v) is 5.58. The smallest absolute Gasteiger partial charge is 0.154 e. The lowest BCUT2D eigenvalue weighted by atomic mass is 10.0. The first-order chi connectivity index (χ1) is 15.1. The van der Waals surface area contributed by atoms with Crippen LogP contribution in [0.5, 0.6) is 11.5 Å². The Morgan fingerprint density at radius 2 is 1.42 bits per heavy atom. The molecule has 0 aliphatic carbocycles. The first-order valence-electron chi connectivity index (χ1n) is 10.4. The summed E-state index contributed by atoms with van der Waals surface area (Å²) in [4.78, 5) is 9.99. The summed E-state index contributed by atoms with van der Waals surface area (Å²) >= 11 is 0. The first-order valence-corrected chi connectivity index (χ1v) is 10.4. The monoisotopic (exact) mass is 409 g/mol. The van der Waals surface area contributed by atoms with Gasteiger partial charge in [0.15, 0.2) is 5.82 Å². The third-order valence-electron chi connectivity index (χ3n) is 5.58. The number of rotatable bonds is 5. The van der Waals surface area contributed by atoms with Gasteiger partial charge in [-0.15, -0.1) is 0 Å². The summed E-state index contributed by atoms with van der Waals surface area (Å²) in [6.07, 6.45) is 3.52. The van der Waals surface area contributed by atoms with Crippen molar-refractivity contribution in [2.24, 2.45) is 4.99 Å². The highest BCUT2D eigenvalue weighted by molar-refractivity contribution is 5.99. The number of aliphatic imine (C=N–C) groups is 1. The van der Waals surface area contributed by atoms with Crippen molar-refractivity contribution in [2.75, 3.05) is 0 Å². The summed E-state index contributed by atoms with van der Waals surface area (Å²) in [6.45, 7) is 0.709. The molecule has 3 aromatic carbocycles. The number of aromatic nitrogens is 2. The summed E-state index contributed by atoms with van der Waals surface area (Å²) in [5.41, 5.74) is 5.32. The molecule has 1 unspecified atom stereocenters. The SMILES string of the molecule is Oc1ccc(Cc2cn3c(n2)C(Cc2ccccc2)=NC(c2ccc(O)cc2)C3)cc1. The second-order valence-electron chi connectivity index (χ2n) is 7.90. The van der Waals surface area contributed by atoms with E-state index in [1.807, 2.05) is 42.5 Å². The number of fused-ring (bicyclic) bond motifs is 1. The van der Waals surface area contributed by atoms with Gasteiger partial charge in [0.2, 0.25) is 0 Å². The Labute approximate surface area is 181 Å². The molecule has 1 aromatic heterocycles. The van der Waals surface area contributed by atoms with E-state index in [9.17, 15) is 10.2 Å². The fourth-order valence-corrected chi connectivity index (χ4v) is 4.01. The maximum Gasteiger partial charge on any atom is 0.154 e. The molecule has 1 aliphatic rings. The topological polar surface area (TPSA) is 70.6 Å². The van der Waals surface area contributed by atoms with Gasteiger partial charge in [0.25, 0.3) is 0 Å². The lowest BCUT2D eigenvalue weighted by Crippen LogP contribution is -2.23. The fourth-order valence-electron chi connectivity index (χ4n) is 4.01. The van der Waals surface area contributed by atoms with E-state index in [1.54, 1.807) is 24.3 Å². The Bertz CT molecular complexity index is 1210. The van der Waals surface area contributed by atoms with Gasteiger partial charge >= 0.3 is 0 Å². The van der Waals surface area contributed by atoms with Gasteiger partial charge in [0.1, 0.15) is 11.5 Å². The standard InChI is InChI=1S/C26H23N3O2/c30-22-10-6-19(7-11-22)14-21-16-29-17-25(20-8-12-23(31)13-9-20)28-24(26(29)27-21)15-18-4-2-1-3-5-18/h1-13,16,25,30-31H,14-15,17H2. The molecule has 5 rings (SSSR count). The summed E-state index contributed by atoms with van der Waals surface area (Å²) in [6, 6.07) is 24.8. The Balaban J connectivity index is 1.49. The summed E-state index contributed by atoms with van der Waals surface area (Å²) in [5.74, 6) is 1.43. The van der Waals surface area contributed by atoms with E-state index in [4.69, 9.17) is 9.98 Å². The third kappa shape index (κ3) is 4.21. The van der Waals surface area contributed by atoms with Gasteiger partial charge in [0.05, 0.1) is 24.0 Å². The number of phenols is 2. The maximum atomic E-state index is 9.65. The zero-order valence-electron chi connectivity index (χ0n) is 17.0. The molecule has 154 valence electrons. The Morgan fingerprint density at radius 1 is 0.774 bits per heavy atom. The molecule has 0 radical (unpaired) electrons. The zero-order chi connectivity index (χ0) is 21.2. The van der Waals surface area contributed by atoms with Crippen molar-refractivity contribution >= 4 is 5.71 Å². The molecule has 0 amide bonds. The second kappa shape index (κ2) is 8.11. The number of nitrogens with zero attached hydrogens (tertiary/aromatic N) is 3. The van der Waals surface area contributed by atoms with Gasteiger partial charge in [0, 0.05) is 19.0 Å². The molecule has 0 spiro atoms. The molecule has 1 atom stereocenters. The molecule has 31 heavy (non-hydrogen) atoms. The van der Waals surface area contributed by atoms with Crippen LogP contribution in [0.4, 0.5) is 0 Å². The molecule has 0 bridgehead atoms. The van der Waals surface area contributed by atoms with Crippen molar-refractivity contribution in [3.8, 4) is 11.5 Å². The van der Waals surface area contributed by atoms with Crippen LogP contribution in [0.3, 0.4) is 0 Å². The molecule has 2 heterocycles. The highest BCUT2D eigenvalue weighted by atomic mass is 16.3. The van der Waals surface area contributed by atoms with Crippen molar-refractivity contribution in [2.45, 2.75) is 25.4 Å². The van der Waals surface area contributed by atoms with Gasteiger partial charge in [-0.1, -0.05) is 54.6 Å². The van der Waals surface area contributed by atoms with Crippen LogP contribution in [0.15, 0.2) is 90.1 Å². The fraction of sp³-hybridized carbons (Fsp3) is 0.154. The average molecular weight is 409 g/mol. The molecule has 0 saturated heterocycles. The number of imidazole rings is 1. The second-order valence-corrected chi connectivity index (χ2v) is 7.90. The lowest BCUT2D eigenvalue weighted by molar-refractivity contribution is 0.474. The highest BCUT2D eigenvalue weighted by Crippen LogP contribution is 2.28. The number of hydrogen-bond acceptors (Lipinski definition) is 4. The zero-order valence-corrected chi connectivity index (χ0v) is 17.0. The average Bonchev–Trinajstić information content (AvgIpc) is 3.19. The molecule has 1 aliphatic heterocycles. The van der Waals surface area contributed by atoms with Crippen molar-refractivity contribution in [1.82, 2.24) is 9.55 Å². The normalized spacial score (nSPS) is 15.4. The van der Waals surface area contributed by atoms with E-state index in [2.05, 4.69) is 22.9 Å². The van der Waals surface area contributed by atoms with Crippen LogP contribution in [0, 0.1) is 0 Å². The predicted octanol–water partition coefficient (Wildman–Crippen LogP) is 4.67. The molecule has 5 heteroatoms. The van der Waals surface area contributed by atoms with Gasteiger partial charge in [-0.05, 0) is 41.0 Å². The van der Waals surface area contributed by atoms with Crippen molar-refractivity contribution < 1.29 is 10.2 Å². The molecular weight excluding hydrogens is 386 g/mol. The van der Waals surface area contributed by atoms with Crippen LogP contribution in [-0.2, 0) is 19.4 Å². The molecule has 0 saturated carbocycles. The quantitative estimate of drug-likeness (QED) is 0.503. The maximum absolute atomic E-state index is 9.65. The van der Waals surface area contributed by atoms with E-state index in [0.29, 0.717) is 19.4 Å². The van der Waals surface area contributed by atoms with Gasteiger partial charge in [-0.25, -0.2) is 4.98 Å². The predicted molar refractivity (Wildman–Crippen MR) is 121 cm³/mol. The van der Waals surface area contributed by atoms with E-state index < -0.39 is 0 Å². The molecule has 5 nitrogen and oxygen atoms in total. The van der Waals surface area contributed by atoms with E-state index >= 15 is 0 Å². The Kier molecular flexibility index (Phi) is 5.00. The van der Waals surface area contributed by atoms with E-state index in [-0.39, 0.29) is 17.5 Å². The highest BCUT2D eigenvalue weighted by Gasteiger charge is 2.24. The van der Waals surface area contributed by atoms with Crippen LogP contribution in [0.2, 0.25) is 0 Å². The largest absolute Gasteiger partial charge is 0.508 e.